The number of benzene rings is 2. The first-order valence-electron chi connectivity index (χ1n) is 9.08. The van der Waals surface area contributed by atoms with Gasteiger partial charge in [0.15, 0.2) is 11.9 Å². The number of ether oxygens (including phenoxy) is 1. The molecule has 2 unspecified atom stereocenters. The molecule has 2 N–H and O–H groups in total. The van der Waals surface area contributed by atoms with E-state index in [1.165, 1.54) is 12.3 Å². The molecule has 1 aliphatic rings. The zero-order valence-electron chi connectivity index (χ0n) is 15.4. The number of aromatic nitrogens is 1. The van der Waals surface area contributed by atoms with Crippen LogP contribution < -0.4 is 15.4 Å². The molecule has 2 aromatic carbocycles. The molecule has 0 bridgehead atoms. The summed E-state index contributed by atoms with van der Waals surface area (Å²) in [5.74, 6) is -0.900. The minimum atomic E-state index is -0.699. The lowest BCUT2D eigenvalue weighted by atomic mass is 10.0. The van der Waals surface area contributed by atoms with Gasteiger partial charge in [-0.2, -0.15) is 0 Å². The van der Waals surface area contributed by atoms with Gasteiger partial charge in [-0.15, -0.1) is 0 Å². The zero-order chi connectivity index (χ0) is 19.8. The number of anilines is 2. The molecule has 5 nitrogen and oxygen atoms in total. The minimum Gasteiger partial charge on any atom is -0.478 e. The van der Waals surface area contributed by atoms with Crippen LogP contribution in [0.15, 0.2) is 42.6 Å². The molecular weight excluding hydrogens is 364 g/mol. The molecule has 1 aliphatic heterocycles. The summed E-state index contributed by atoms with van der Waals surface area (Å²) >= 11 is 0. The number of hydrogen-bond acceptors (Lipinski definition) is 4. The van der Waals surface area contributed by atoms with Gasteiger partial charge in [-0.05, 0) is 43.2 Å². The predicted octanol–water partition coefficient (Wildman–Crippen LogP) is 4.80. The van der Waals surface area contributed by atoms with E-state index in [1.807, 2.05) is 26.0 Å². The second-order valence-electron chi connectivity index (χ2n) is 6.77. The Morgan fingerprint density at radius 1 is 1.25 bits per heavy atom. The lowest BCUT2D eigenvalue weighted by molar-refractivity contribution is -0.123. The van der Waals surface area contributed by atoms with E-state index >= 15 is 0 Å². The van der Waals surface area contributed by atoms with Crippen LogP contribution in [0.1, 0.15) is 31.9 Å². The molecule has 0 saturated carbocycles. The molecule has 2 atom stereocenters. The SMILES string of the molecule is CCC1Oc2cc(C(C)Nc3ccnc4c(F)cc(F)cc34)ccc2NC1=O. The molecule has 7 heteroatoms. The van der Waals surface area contributed by atoms with E-state index in [9.17, 15) is 13.6 Å². The normalized spacial score (nSPS) is 16.9. The fourth-order valence-electron chi connectivity index (χ4n) is 3.32. The van der Waals surface area contributed by atoms with Gasteiger partial charge in [0.2, 0.25) is 0 Å². The van der Waals surface area contributed by atoms with Crippen molar-refractivity contribution in [1.82, 2.24) is 4.98 Å². The summed E-state index contributed by atoms with van der Waals surface area (Å²) in [6.45, 7) is 3.82. The third-order valence-electron chi connectivity index (χ3n) is 4.83. The van der Waals surface area contributed by atoms with Gasteiger partial charge in [0.05, 0.1) is 5.69 Å². The van der Waals surface area contributed by atoms with Crippen molar-refractivity contribution in [3.05, 3.63) is 59.8 Å². The Balaban J connectivity index is 1.64. The van der Waals surface area contributed by atoms with Gasteiger partial charge >= 0.3 is 0 Å². The number of pyridine rings is 1. The van der Waals surface area contributed by atoms with E-state index in [0.717, 1.165) is 11.6 Å². The van der Waals surface area contributed by atoms with Crippen molar-refractivity contribution >= 4 is 28.2 Å². The third kappa shape index (κ3) is 3.24. The van der Waals surface area contributed by atoms with Gasteiger partial charge < -0.3 is 15.4 Å². The quantitative estimate of drug-likeness (QED) is 0.680. The molecule has 1 amide bonds. The summed E-state index contributed by atoms with van der Waals surface area (Å²) in [6, 6.07) is 9.11. The Morgan fingerprint density at radius 2 is 2.07 bits per heavy atom. The highest BCUT2D eigenvalue weighted by molar-refractivity contribution is 5.97. The average molecular weight is 383 g/mol. The highest BCUT2D eigenvalue weighted by Gasteiger charge is 2.26. The summed E-state index contributed by atoms with van der Waals surface area (Å²) in [6.07, 6.45) is 1.54. The molecule has 0 aliphatic carbocycles. The second kappa shape index (κ2) is 7.07. The van der Waals surface area contributed by atoms with Crippen molar-refractivity contribution in [2.75, 3.05) is 10.6 Å². The first kappa shape index (κ1) is 18.2. The van der Waals surface area contributed by atoms with Gasteiger partial charge in [-0.1, -0.05) is 13.0 Å². The summed E-state index contributed by atoms with van der Waals surface area (Å²) in [5, 5.41) is 6.49. The molecule has 1 aromatic heterocycles. The maximum absolute atomic E-state index is 14.0. The monoisotopic (exact) mass is 383 g/mol. The average Bonchev–Trinajstić information content (AvgIpc) is 2.67. The summed E-state index contributed by atoms with van der Waals surface area (Å²) in [4.78, 5) is 15.9. The lowest BCUT2D eigenvalue weighted by Crippen LogP contribution is -2.36. The Kier molecular flexibility index (Phi) is 4.58. The first-order chi connectivity index (χ1) is 13.5. The standard InChI is InChI=1S/C21H19F2N3O2/c1-3-18-21(27)26-17-5-4-12(8-19(17)28-18)11(2)25-16-6-7-24-20-14(16)9-13(22)10-15(20)23/h4-11,18H,3H2,1-2H3,(H,24,25)(H,26,27). The fraction of sp³-hybridized carbons (Fsp3) is 0.238. The molecule has 4 rings (SSSR count). The lowest BCUT2D eigenvalue weighted by Gasteiger charge is -2.26. The van der Waals surface area contributed by atoms with Gasteiger partial charge in [0.25, 0.3) is 5.91 Å². The smallest absolute Gasteiger partial charge is 0.265 e. The number of nitrogens with zero attached hydrogens (tertiary/aromatic N) is 1. The zero-order valence-corrected chi connectivity index (χ0v) is 15.4. The second-order valence-corrected chi connectivity index (χ2v) is 6.77. The fourth-order valence-corrected chi connectivity index (χ4v) is 3.32. The van der Waals surface area contributed by atoms with E-state index in [-0.39, 0.29) is 17.5 Å². The highest BCUT2D eigenvalue weighted by atomic mass is 19.1. The van der Waals surface area contributed by atoms with Crippen molar-refractivity contribution in [2.24, 2.45) is 0 Å². The van der Waals surface area contributed by atoms with E-state index in [1.54, 1.807) is 12.1 Å². The number of fused-ring (bicyclic) bond motifs is 2. The summed E-state index contributed by atoms with van der Waals surface area (Å²) < 4.78 is 33.5. The highest BCUT2D eigenvalue weighted by Crippen LogP contribution is 2.34. The Hall–Kier alpha value is -3.22. The third-order valence-corrected chi connectivity index (χ3v) is 4.83. The van der Waals surface area contributed by atoms with Gasteiger partial charge in [-0.25, -0.2) is 8.78 Å². The van der Waals surface area contributed by atoms with Crippen LogP contribution in [0.25, 0.3) is 10.9 Å². The van der Waals surface area contributed by atoms with Gasteiger partial charge in [0.1, 0.15) is 17.1 Å². The van der Waals surface area contributed by atoms with Crippen LogP contribution in [-0.2, 0) is 4.79 Å². The number of carbonyl (C=O) groups excluding carboxylic acids is 1. The Bertz CT molecular complexity index is 1070. The van der Waals surface area contributed by atoms with Gasteiger partial charge in [0, 0.05) is 29.4 Å². The maximum Gasteiger partial charge on any atom is 0.265 e. The number of carbonyl (C=O) groups is 1. The summed E-state index contributed by atoms with van der Waals surface area (Å²) in [5.41, 5.74) is 2.23. The van der Waals surface area contributed by atoms with Gasteiger partial charge in [-0.3, -0.25) is 9.78 Å². The van der Waals surface area contributed by atoms with Crippen LogP contribution in [0.3, 0.4) is 0 Å². The molecule has 0 radical (unpaired) electrons. The van der Waals surface area contributed by atoms with E-state index in [2.05, 4.69) is 15.6 Å². The van der Waals surface area contributed by atoms with Crippen LogP contribution in [0.4, 0.5) is 20.2 Å². The van der Waals surface area contributed by atoms with E-state index in [0.29, 0.717) is 28.9 Å². The molecule has 144 valence electrons. The maximum atomic E-state index is 14.0. The van der Waals surface area contributed by atoms with Crippen LogP contribution in [-0.4, -0.2) is 17.0 Å². The van der Waals surface area contributed by atoms with Crippen LogP contribution in [0.5, 0.6) is 5.75 Å². The Labute approximate surface area is 160 Å². The van der Waals surface area contributed by atoms with E-state index < -0.39 is 17.7 Å². The van der Waals surface area contributed by atoms with Crippen molar-refractivity contribution in [1.29, 1.82) is 0 Å². The molecule has 2 heterocycles. The number of amides is 1. The van der Waals surface area contributed by atoms with Crippen molar-refractivity contribution in [3.8, 4) is 5.75 Å². The number of rotatable bonds is 4. The number of hydrogen-bond donors (Lipinski definition) is 2. The molecule has 3 aromatic rings. The molecule has 28 heavy (non-hydrogen) atoms. The van der Waals surface area contributed by atoms with Crippen molar-refractivity contribution in [2.45, 2.75) is 32.4 Å². The number of nitrogens with one attached hydrogen (secondary N) is 2. The molecular formula is C21H19F2N3O2. The van der Waals surface area contributed by atoms with E-state index in [4.69, 9.17) is 4.74 Å². The van der Waals surface area contributed by atoms with Crippen molar-refractivity contribution < 1.29 is 18.3 Å². The predicted molar refractivity (Wildman–Crippen MR) is 103 cm³/mol. The van der Waals surface area contributed by atoms with Crippen LogP contribution in [0, 0.1) is 11.6 Å². The van der Waals surface area contributed by atoms with Crippen LogP contribution in [0.2, 0.25) is 0 Å². The number of halogens is 2. The minimum absolute atomic E-state index is 0.112. The van der Waals surface area contributed by atoms with Crippen molar-refractivity contribution in [3.63, 3.8) is 0 Å². The molecule has 0 spiro atoms. The largest absolute Gasteiger partial charge is 0.478 e. The Morgan fingerprint density at radius 3 is 2.86 bits per heavy atom. The first-order valence-corrected chi connectivity index (χ1v) is 9.08. The van der Waals surface area contributed by atoms with Crippen LogP contribution >= 0.6 is 0 Å². The topological polar surface area (TPSA) is 63.2 Å². The molecule has 0 fully saturated rings. The summed E-state index contributed by atoms with van der Waals surface area (Å²) in [7, 11) is 0. The molecule has 0 saturated heterocycles.